The van der Waals surface area contributed by atoms with Gasteiger partial charge in [0.25, 0.3) is 0 Å². The predicted molar refractivity (Wildman–Crippen MR) is 88.4 cm³/mol. The molecule has 0 fully saturated rings. The van der Waals surface area contributed by atoms with Gasteiger partial charge in [0.1, 0.15) is 5.75 Å². The number of benzene rings is 1. The fraction of sp³-hybridized carbons (Fsp3) is 0.0625. The molecule has 23 heavy (non-hydrogen) atoms. The van der Waals surface area contributed by atoms with E-state index < -0.39 is 0 Å². The van der Waals surface area contributed by atoms with Crippen molar-refractivity contribution in [3.63, 3.8) is 0 Å². The second-order valence-electron chi connectivity index (χ2n) is 4.89. The first kappa shape index (κ1) is 13.7. The highest BCUT2D eigenvalue weighted by atomic mass is 32.1. The third-order valence-corrected chi connectivity index (χ3v) is 4.35. The SMILES string of the molecule is COc1ccc(-c2csc(-n3ncc4cccn4c3=O)n2)cc1. The van der Waals surface area contributed by atoms with E-state index in [-0.39, 0.29) is 5.69 Å². The van der Waals surface area contributed by atoms with Crippen molar-refractivity contribution < 1.29 is 4.74 Å². The average Bonchev–Trinajstić information content (AvgIpc) is 3.25. The molecule has 0 saturated carbocycles. The first-order valence-corrected chi connectivity index (χ1v) is 7.80. The Balaban J connectivity index is 1.76. The zero-order chi connectivity index (χ0) is 15.8. The molecule has 0 saturated heterocycles. The minimum Gasteiger partial charge on any atom is -0.497 e. The Morgan fingerprint density at radius 1 is 1.17 bits per heavy atom. The van der Waals surface area contributed by atoms with Gasteiger partial charge in [-0.25, -0.2) is 9.78 Å². The van der Waals surface area contributed by atoms with Gasteiger partial charge in [0.2, 0.25) is 5.13 Å². The van der Waals surface area contributed by atoms with Crippen LogP contribution in [0.4, 0.5) is 0 Å². The molecule has 0 bridgehead atoms. The summed E-state index contributed by atoms with van der Waals surface area (Å²) < 4.78 is 8.01. The van der Waals surface area contributed by atoms with Gasteiger partial charge >= 0.3 is 5.69 Å². The molecule has 0 aliphatic heterocycles. The highest BCUT2D eigenvalue weighted by Crippen LogP contribution is 2.25. The van der Waals surface area contributed by atoms with Gasteiger partial charge in [-0.05, 0) is 36.4 Å². The van der Waals surface area contributed by atoms with E-state index >= 15 is 0 Å². The first-order valence-electron chi connectivity index (χ1n) is 6.92. The average molecular weight is 324 g/mol. The summed E-state index contributed by atoms with van der Waals surface area (Å²) in [6, 6.07) is 11.3. The molecule has 0 N–H and O–H groups in total. The van der Waals surface area contributed by atoms with Gasteiger partial charge in [-0.1, -0.05) is 0 Å². The van der Waals surface area contributed by atoms with E-state index in [1.165, 1.54) is 16.0 Å². The number of rotatable bonds is 3. The highest BCUT2D eigenvalue weighted by Gasteiger charge is 2.10. The molecule has 6 nitrogen and oxygen atoms in total. The normalized spacial score (nSPS) is 11.0. The van der Waals surface area contributed by atoms with Crippen molar-refractivity contribution in [2.75, 3.05) is 7.11 Å². The Morgan fingerprint density at radius 3 is 2.78 bits per heavy atom. The van der Waals surface area contributed by atoms with E-state index in [0.717, 1.165) is 22.5 Å². The van der Waals surface area contributed by atoms with Crippen molar-refractivity contribution >= 4 is 16.9 Å². The van der Waals surface area contributed by atoms with Crippen LogP contribution in [0.1, 0.15) is 0 Å². The maximum Gasteiger partial charge on any atom is 0.356 e. The summed E-state index contributed by atoms with van der Waals surface area (Å²) in [6.45, 7) is 0. The number of aromatic nitrogens is 4. The van der Waals surface area contributed by atoms with Crippen molar-refractivity contribution in [2.24, 2.45) is 0 Å². The van der Waals surface area contributed by atoms with Gasteiger partial charge < -0.3 is 4.74 Å². The lowest BCUT2D eigenvalue weighted by molar-refractivity contribution is 0.415. The van der Waals surface area contributed by atoms with Crippen molar-refractivity contribution in [1.29, 1.82) is 0 Å². The van der Waals surface area contributed by atoms with Gasteiger partial charge in [-0.3, -0.25) is 4.40 Å². The number of methoxy groups -OCH3 is 1. The predicted octanol–water partition coefficient (Wildman–Crippen LogP) is 2.62. The fourth-order valence-electron chi connectivity index (χ4n) is 2.33. The van der Waals surface area contributed by atoms with Gasteiger partial charge in [0.15, 0.2) is 0 Å². The van der Waals surface area contributed by atoms with Crippen LogP contribution in [0.3, 0.4) is 0 Å². The van der Waals surface area contributed by atoms with Gasteiger partial charge in [-0.2, -0.15) is 9.78 Å². The van der Waals surface area contributed by atoms with Crippen LogP contribution in [-0.2, 0) is 0 Å². The van der Waals surface area contributed by atoms with E-state index in [2.05, 4.69) is 10.1 Å². The maximum absolute atomic E-state index is 12.4. The Hall–Kier alpha value is -2.93. The molecule has 4 aromatic rings. The Labute approximate surface area is 135 Å². The molecular formula is C16H12N4O2S. The Kier molecular flexibility index (Phi) is 3.20. The summed E-state index contributed by atoms with van der Waals surface area (Å²) in [7, 11) is 1.63. The molecule has 3 heterocycles. The third-order valence-electron chi connectivity index (χ3n) is 3.53. The lowest BCUT2D eigenvalue weighted by Gasteiger charge is -2.01. The Morgan fingerprint density at radius 2 is 2.00 bits per heavy atom. The van der Waals surface area contributed by atoms with E-state index in [4.69, 9.17) is 4.74 Å². The zero-order valence-electron chi connectivity index (χ0n) is 12.2. The molecule has 4 rings (SSSR count). The number of ether oxygens (including phenoxy) is 1. The number of hydrogen-bond acceptors (Lipinski definition) is 5. The summed E-state index contributed by atoms with van der Waals surface area (Å²) in [6.07, 6.45) is 3.36. The van der Waals surface area contributed by atoms with Crippen LogP contribution in [0.5, 0.6) is 5.75 Å². The molecule has 0 amide bonds. The van der Waals surface area contributed by atoms with Crippen molar-refractivity contribution in [2.45, 2.75) is 0 Å². The smallest absolute Gasteiger partial charge is 0.356 e. The van der Waals surface area contributed by atoms with Gasteiger partial charge in [0, 0.05) is 17.1 Å². The van der Waals surface area contributed by atoms with Crippen LogP contribution in [0.25, 0.3) is 21.9 Å². The first-order chi connectivity index (χ1) is 11.3. The molecule has 0 atom stereocenters. The van der Waals surface area contributed by atoms with Crippen molar-refractivity contribution in [3.05, 3.63) is 64.7 Å². The summed E-state index contributed by atoms with van der Waals surface area (Å²) in [4.78, 5) is 17.0. The van der Waals surface area contributed by atoms with Crippen molar-refractivity contribution in [1.82, 2.24) is 19.2 Å². The molecule has 114 valence electrons. The maximum atomic E-state index is 12.4. The second kappa shape index (κ2) is 5.36. The molecule has 7 heteroatoms. The fourth-order valence-corrected chi connectivity index (χ4v) is 3.11. The van der Waals surface area contributed by atoms with Crippen LogP contribution >= 0.6 is 11.3 Å². The molecule has 0 aliphatic rings. The summed E-state index contributed by atoms with van der Waals surface area (Å²) in [5, 5.41) is 6.64. The molecule has 3 aromatic heterocycles. The molecule has 1 aromatic carbocycles. The lowest BCUT2D eigenvalue weighted by Crippen LogP contribution is -2.26. The van der Waals surface area contributed by atoms with E-state index in [9.17, 15) is 4.79 Å². The van der Waals surface area contributed by atoms with Crippen LogP contribution in [0.2, 0.25) is 0 Å². The summed E-state index contributed by atoms with van der Waals surface area (Å²) in [5.41, 5.74) is 2.29. The number of hydrogen-bond donors (Lipinski definition) is 0. The largest absolute Gasteiger partial charge is 0.497 e. The number of fused-ring (bicyclic) bond motifs is 1. The summed E-state index contributed by atoms with van der Waals surface area (Å²) >= 11 is 1.38. The van der Waals surface area contributed by atoms with Crippen molar-refractivity contribution in [3.8, 4) is 22.1 Å². The quantitative estimate of drug-likeness (QED) is 0.581. The molecule has 0 radical (unpaired) electrons. The summed E-state index contributed by atoms with van der Waals surface area (Å²) in [5.74, 6) is 0.792. The molecule has 0 spiro atoms. The highest BCUT2D eigenvalue weighted by molar-refractivity contribution is 7.12. The number of nitrogens with zero attached hydrogens (tertiary/aromatic N) is 4. The van der Waals surface area contributed by atoms with Gasteiger partial charge in [0.05, 0.1) is 24.5 Å². The minimum absolute atomic E-state index is 0.233. The monoisotopic (exact) mass is 324 g/mol. The second-order valence-corrected chi connectivity index (χ2v) is 5.72. The lowest BCUT2D eigenvalue weighted by atomic mass is 10.2. The molecule has 0 aliphatic carbocycles. The van der Waals surface area contributed by atoms with Crippen LogP contribution in [0.15, 0.2) is 59.0 Å². The van der Waals surface area contributed by atoms with Crippen LogP contribution in [0, 0.1) is 0 Å². The van der Waals surface area contributed by atoms with Crippen LogP contribution in [-0.4, -0.2) is 26.3 Å². The minimum atomic E-state index is -0.233. The molecular weight excluding hydrogens is 312 g/mol. The van der Waals surface area contributed by atoms with E-state index in [0.29, 0.717) is 5.13 Å². The zero-order valence-corrected chi connectivity index (χ0v) is 13.0. The third kappa shape index (κ3) is 2.31. The van der Waals surface area contributed by atoms with E-state index in [1.54, 1.807) is 23.9 Å². The van der Waals surface area contributed by atoms with Gasteiger partial charge in [-0.15, -0.1) is 11.3 Å². The molecule has 0 unspecified atom stereocenters. The topological polar surface area (TPSA) is 61.4 Å². The number of thiazole rings is 1. The Bertz CT molecular complexity index is 1030. The standard InChI is InChI=1S/C16H12N4O2S/c1-22-13-6-4-11(5-7-13)14-10-23-15(18-14)20-16(21)19-8-2-3-12(19)9-17-20/h2-10H,1H3. The van der Waals surface area contributed by atoms with E-state index in [1.807, 2.05) is 41.8 Å². The van der Waals surface area contributed by atoms with Crippen LogP contribution < -0.4 is 10.4 Å².